The summed E-state index contributed by atoms with van der Waals surface area (Å²) in [6.07, 6.45) is 4.89. The van der Waals surface area contributed by atoms with Gasteiger partial charge in [-0.05, 0) is 43.5 Å². The number of urea groups is 1. The van der Waals surface area contributed by atoms with Crippen molar-refractivity contribution in [1.82, 2.24) is 20.1 Å². The van der Waals surface area contributed by atoms with E-state index in [1.54, 1.807) is 6.20 Å². The van der Waals surface area contributed by atoms with Crippen LogP contribution in [0.15, 0.2) is 30.5 Å². The molecule has 0 aliphatic carbocycles. The number of benzene rings is 1. The van der Waals surface area contributed by atoms with Crippen LogP contribution in [0.2, 0.25) is 5.02 Å². The lowest BCUT2D eigenvalue weighted by molar-refractivity contribution is -0.138. The van der Waals surface area contributed by atoms with Gasteiger partial charge < -0.3 is 15.0 Å². The summed E-state index contributed by atoms with van der Waals surface area (Å²) in [6, 6.07) is 7.16. The molecule has 1 atom stereocenters. The lowest BCUT2D eigenvalue weighted by atomic mass is 10.0. The number of rotatable bonds is 4. The van der Waals surface area contributed by atoms with E-state index in [4.69, 9.17) is 16.3 Å². The van der Waals surface area contributed by atoms with Crippen molar-refractivity contribution in [3.63, 3.8) is 0 Å². The average molecular weight is 511 g/mol. The Balaban J connectivity index is 1.34. The highest BCUT2D eigenvalue weighted by molar-refractivity contribution is 7.19. The molecule has 2 aromatic heterocycles. The number of pyridine rings is 1. The van der Waals surface area contributed by atoms with E-state index in [1.165, 1.54) is 16.2 Å². The predicted octanol–water partition coefficient (Wildman–Crippen LogP) is 3.98. The van der Waals surface area contributed by atoms with Crippen molar-refractivity contribution in [2.75, 3.05) is 19.6 Å². The summed E-state index contributed by atoms with van der Waals surface area (Å²) in [5.74, 6) is 0.474. The van der Waals surface area contributed by atoms with Crippen molar-refractivity contribution in [3.8, 4) is 16.9 Å². The summed E-state index contributed by atoms with van der Waals surface area (Å²) in [4.78, 5) is 45.6. The van der Waals surface area contributed by atoms with Crippen LogP contribution < -0.4 is 10.1 Å². The minimum absolute atomic E-state index is 0.0243. The van der Waals surface area contributed by atoms with Crippen molar-refractivity contribution in [2.24, 2.45) is 0 Å². The van der Waals surface area contributed by atoms with Gasteiger partial charge in [-0.15, -0.1) is 11.3 Å². The number of likely N-dealkylation sites (tertiary alicyclic amines) is 1. The number of fused-ring (bicyclic) bond motifs is 2. The van der Waals surface area contributed by atoms with Crippen LogP contribution in [-0.2, 0) is 22.6 Å². The minimum atomic E-state index is -0.545. The fourth-order valence-electron chi connectivity index (χ4n) is 5.03. The summed E-state index contributed by atoms with van der Waals surface area (Å²) < 4.78 is 7.19. The number of thiophene rings is 1. The second-order valence-corrected chi connectivity index (χ2v) is 10.6. The molecule has 5 heterocycles. The van der Waals surface area contributed by atoms with E-state index >= 15 is 0 Å². The topological polar surface area (TPSA) is 91.8 Å². The summed E-state index contributed by atoms with van der Waals surface area (Å²) in [7, 11) is 0. The lowest BCUT2D eigenvalue weighted by Gasteiger charge is -2.28. The second kappa shape index (κ2) is 8.80. The monoisotopic (exact) mass is 510 g/mol. The first-order valence-electron chi connectivity index (χ1n) is 11.7. The highest BCUT2D eigenvalue weighted by Gasteiger charge is 2.35. The highest BCUT2D eigenvalue weighted by atomic mass is 35.5. The van der Waals surface area contributed by atoms with Gasteiger partial charge >= 0.3 is 6.03 Å². The third-order valence-electron chi connectivity index (χ3n) is 6.74. The maximum absolute atomic E-state index is 13.1. The van der Waals surface area contributed by atoms with Crippen LogP contribution in [0, 0.1) is 0 Å². The quantitative estimate of drug-likeness (QED) is 0.536. The molecule has 3 aliphatic rings. The zero-order valence-corrected chi connectivity index (χ0v) is 20.5. The second-order valence-electron chi connectivity index (χ2n) is 9.06. The third-order valence-corrected chi connectivity index (χ3v) is 8.10. The first-order valence-corrected chi connectivity index (χ1v) is 12.9. The van der Waals surface area contributed by atoms with Gasteiger partial charge in [-0.3, -0.25) is 19.5 Å². The number of ether oxygens (including phenoxy) is 1. The number of carbonyl (C=O) groups excluding carboxylic acids is 3. The van der Waals surface area contributed by atoms with E-state index in [9.17, 15) is 14.4 Å². The lowest BCUT2D eigenvalue weighted by Crippen LogP contribution is -2.43. The zero-order chi connectivity index (χ0) is 24.1. The number of piperidine rings is 1. The molecule has 1 N–H and O–H groups in total. The summed E-state index contributed by atoms with van der Waals surface area (Å²) in [5.41, 5.74) is 3.40. The molecular weight excluding hydrogens is 488 g/mol. The van der Waals surface area contributed by atoms with Gasteiger partial charge in [0.1, 0.15) is 5.75 Å². The molecule has 0 radical (unpaired) electrons. The standard InChI is InChI=1S/C25H23ClN4O4S/c26-15-8-14-9-20(24(32)29-6-2-1-3-7-29)34-22(14)18(10-15)17-4-5-27-19-11-16(35-23(17)19)13-30-21(31)12-28-25(30)33/h4-5,8,10-11,20H,1-3,6-7,9,12-13H2,(H,28,33). The molecule has 6 rings (SSSR count). The van der Waals surface area contributed by atoms with Gasteiger partial charge in [-0.1, -0.05) is 11.6 Å². The number of hydrogen-bond donors (Lipinski definition) is 1. The van der Waals surface area contributed by atoms with Crippen LogP contribution in [0.1, 0.15) is 29.7 Å². The molecule has 0 spiro atoms. The van der Waals surface area contributed by atoms with Crippen molar-refractivity contribution in [1.29, 1.82) is 0 Å². The van der Waals surface area contributed by atoms with Crippen LogP contribution >= 0.6 is 22.9 Å². The van der Waals surface area contributed by atoms with E-state index in [0.717, 1.165) is 64.1 Å². The Bertz CT molecular complexity index is 1350. The molecule has 4 amide bonds. The largest absolute Gasteiger partial charge is 0.479 e. The molecule has 8 nitrogen and oxygen atoms in total. The fourth-order valence-corrected chi connectivity index (χ4v) is 6.40. The number of imide groups is 1. The highest BCUT2D eigenvalue weighted by Crippen LogP contribution is 2.45. The number of aromatic nitrogens is 1. The van der Waals surface area contributed by atoms with Gasteiger partial charge in [-0.25, -0.2) is 4.79 Å². The Morgan fingerprint density at radius 3 is 2.77 bits per heavy atom. The Hall–Kier alpha value is -3.17. The van der Waals surface area contributed by atoms with Crippen molar-refractivity contribution >= 4 is 51.0 Å². The van der Waals surface area contributed by atoms with Crippen molar-refractivity contribution in [2.45, 2.75) is 38.3 Å². The minimum Gasteiger partial charge on any atom is -0.479 e. The number of nitrogens with zero attached hydrogens (tertiary/aromatic N) is 3. The Morgan fingerprint density at radius 1 is 1.17 bits per heavy atom. The van der Waals surface area contributed by atoms with E-state index < -0.39 is 6.10 Å². The van der Waals surface area contributed by atoms with E-state index in [-0.39, 0.29) is 30.9 Å². The normalized spacial score (nSPS) is 19.7. The van der Waals surface area contributed by atoms with E-state index in [2.05, 4.69) is 10.3 Å². The summed E-state index contributed by atoms with van der Waals surface area (Å²) in [6.45, 7) is 1.78. The van der Waals surface area contributed by atoms with Crippen molar-refractivity contribution in [3.05, 3.63) is 45.9 Å². The molecule has 0 bridgehead atoms. The molecule has 2 saturated heterocycles. The van der Waals surface area contributed by atoms with Gasteiger partial charge in [0.25, 0.3) is 5.91 Å². The Labute approximate surface area is 210 Å². The first-order chi connectivity index (χ1) is 17.0. The third kappa shape index (κ3) is 4.02. The SMILES string of the molecule is O=C(C1Cc2cc(Cl)cc(-c3ccnc4cc(CN5C(=O)CNC5=O)sc34)c2O1)N1CCCCC1. The van der Waals surface area contributed by atoms with E-state index in [0.29, 0.717) is 17.2 Å². The van der Waals surface area contributed by atoms with Gasteiger partial charge in [0, 0.05) is 52.3 Å². The van der Waals surface area contributed by atoms with E-state index in [1.807, 2.05) is 29.2 Å². The van der Waals surface area contributed by atoms with Gasteiger partial charge in [0.2, 0.25) is 5.91 Å². The molecule has 1 unspecified atom stereocenters. The number of nitrogens with one attached hydrogen (secondary N) is 1. The first kappa shape index (κ1) is 22.3. The maximum atomic E-state index is 13.1. The molecule has 3 aliphatic heterocycles. The zero-order valence-electron chi connectivity index (χ0n) is 18.9. The summed E-state index contributed by atoms with van der Waals surface area (Å²) in [5, 5.41) is 3.12. The fraction of sp³-hybridized carbons (Fsp3) is 0.360. The van der Waals surface area contributed by atoms with Crippen molar-refractivity contribution < 1.29 is 19.1 Å². The van der Waals surface area contributed by atoms with Gasteiger partial charge in [0.15, 0.2) is 6.10 Å². The molecule has 35 heavy (non-hydrogen) atoms. The van der Waals surface area contributed by atoms with Gasteiger partial charge in [-0.2, -0.15) is 0 Å². The number of carbonyl (C=O) groups is 3. The van der Waals surface area contributed by atoms with Crippen LogP contribution in [0.5, 0.6) is 5.75 Å². The predicted molar refractivity (Wildman–Crippen MR) is 133 cm³/mol. The molecule has 10 heteroatoms. The molecular formula is C25H23ClN4O4S. The number of halogens is 1. The van der Waals surface area contributed by atoms with Crippen LogP contribution in [0.25, 0.3) is 21.3 Å². The average Bonchev–Trinajstić information content (AvgIpc) is 3.56. The molecule has 2 fully saturated rings. The number of amides is 4. The summed E-state index contributed by atoms with van der Waals surface area (Å²) >= 11 is 7.99. The Kier molecular flexibility index (Phi) is 5.61. The van der Waals surface area contributed by atoms with Crippen LogP contribution in [0.4, 0.5) is 4.79 Å². The molecule has 0 saturated carbocycles. The van der Waals surface area contributed by atoms with Crippen LogP contribution in [-0.4, -0.2) is 58.4 Å². The smallest absolute Gasteiger partial charge is 0.324 e. The number of hydrogen-bond acceptors (Lipinski definition) is 6. The Morgan fingerprint density at radius 2 is 2.00 bits per heavy atom. The van der Waals surface area contributed by atoms with Crippen LogP contribution in [0.3, 0.4) is 0 Å². The maximum Gasteiger partial charge on any atom is 0.324 e. The molecule has 180 valence electrons. The van der Waals surface area contributed by atoms with Gasteiger partial charge in [0.05, 0.1) is 23.3 Å². The molecule has 3 aromatic rings. The molecule has 1 aromatic carbocycles.